The van der Waals surface area contributed by atoms with Crippen LogP contribution >= 0.6 is 0 Å². The van der Waals surface area contributed by atoms with E-state index in [4.69, 9.17) is 0 Å². The van der Waals surface area contributed by atoms with Crippen LogP contribution in [0.1, 0.15) is 18.5 Å². The van der Waals surface area contributed by atoms with Gasteiger partial charge in [-0.25, -0.2) is 8.78 Å². The van der Waals surface area contributed by atoms with Gasteiger partial charge in [0.2, 0.25) is 0 Å². The van der Waals surface area contributed by atoms with Gasteiger partial charge in [-0.05, 0) is 38.7 Å². The van der Waals surface area contributed by atoms with E-state index in [1.54, 1.807) is 6.07 Å². The molecule has 0 aliphatic carbocycles. The number of nitrogens with zero attached hydrogens (tertiary/aromatic N) is 2. The van der Waals surface area contributed by atoms with E-state index in [-0.39, 0.29) is 6.04 Å². The maximum Gasteiger partial charge on any atom is 0.159 e. The molecule has 1 aliphatic heterocycles. The zero-order chi connectivity index (χ0) is 14.7. The van der Waals surface area contributed by atoms with Gasteiger partial charge in [-0.3, -0.25) is 4.90 Å². The quantitative estimate of drug-likeness (QED) is 0.910. The number of nitrogens with one attached hydrogen (secondary N) is 1. The second kappa shape index (κ2) is 6.61. The van der Waals surface area contributed by atoms with Crippen LogP contribution in [0.2, 0.25) is 0 Å². The Morgan fingerprint density at radius 3 is 2.70 bits per heavy atom. The third-order valence-electron chi connectivity index (χ3n) is 4.08. The molecule has 1 aromatic carbocycles. The van der Waals surface area contributed by atoms with Crippen LogP contribution in [0.5, 0.6) is 0 Å². The van der Waals surface area contributed by atoms with Gasteiger partial charge in [-0.15, -0.1) is 0 Å². The second-order valence-corrected chi connectivity index (χ2v) is 5.70. The van der Waals surface area contributed by atoms with Gasteiger partial charge in [0, 0.05) is 38.3 Å². The predicted octanol–water partition coefficient (Wildman–Crippen LogP) is 1.86. The third-order valence-corrected chi connectivity index (χ3v) is 4.08. The Kier molecular flexibility index (Phi) is 5.07. The van der Waals surface area contributed by atoms with Gasteiger partial charge < -0.3 is 10.2 Å². The van der Waals surface area contributed by atoms with E-state index in [1.165, 1.54) is 12.1 Å². The summed E-state index contributed by atoms with van der Waals surface area (Å²) in [6, 6.07) is 4.53. The summed E-state index contributed by atoms with van der Waals surface area (Å²) < 4.78 is 26.2. The minimum atomic E-state index is -0.797. The first kappa shape index (κ1) is 15.4. The summed E-state index contributed by atoms with van der Waals surface area (Å²) >= 11 is 0. The molecule has 0 radical (unpaired) electrons. The molecule has 1 heterocycles. The Bertz CT molecular complexity index is 453. The van der Waals surface area contributed by atoms with Crippen LogP contribution in [0.4, 0.5) is 8.78 Å². The smallest absolute Gasteiger partial charge is 0.159 e. The molecule has 1 aliphatic rings. The SMILES string of the molecule is CC(NCC1CN(C)CCN1C)c1ccc(F)c(F)c1. The summed E-state index contributed by atoms with van der Waals surface area (Å²) in [6.45, 7) is 5.97. The minimum absolute atomic E-state index is 0.00531. The molecule has 3 nitrogen and oxygen atoms in total. The number of hydrogen-bond acceptors (Lipinski definition) is 3. The molecule has 2 rings (SSSR count). The van der Waals surface area contributed by atoms with Crippen molar-refractivity contribution in [2.24, 2.45) is 0 Å². The van der Waals surface area contributed by atoms with Crippen molar-refractivity contribution in [3.63, 3.8) is 0 Å². The van der Waals surface area contributed by atoms with Crippen molar-refractivity contribution in [3.05, 3.63) is 35.4 Å². The van der Waals surface area contributed by atoms with Crippen molar-refractivity contribution in [1.29, 1.82) is 0 Å². The average Bonchev–Trinajstić information content (AvgIpc) is 2.42. The van der Waals surface area contributed by atoms with Crippen molar-refractivity contribution in [3.8, 4) is 0 Å². The molecular weight excluding hydrogens is 260 g/mol. The summed E-state index contributed by atoms with van der Waals surface area (Å²) in [7, 11) is 4.25. The lowest BCUT2D eigenvalue weighted by Gasteiger charge is -2.38. The molecule has 1 aromatic rings. The normalized spacial score (nSPS) is 22.9. The fraction of sp³-hybridized carbons (Fsp3) is 0.600. The molecule has 1 saturated heterocycles. The molecule has 0 amide bonds. The molecule has 0 saturated carbocycles. The number of benzene rings is 1. The molecule has 1 N–H and O–H groups in total. The molecule has 1 fully saturated rings. The van der Waals surface area contributed by atoms with E-state index in [0.29, 0.717) is 6.04 Å². The first-order valence-electron chi connectivity index (χ1n) is 7.04. The van der Waals surface area contributed by atoms with Crippen LogP contribution in [0, 0.1) is 11.6 Å². The van der Waals surface area contributed by atoms with Crippen LogP contribution in [-0.2, 0) is 0 Å². The first-order valence-corrected chi connectivity index (χ1v) is 7.04. The fourth-order valence-electron chi connectivity index (χ4n) is 2.53. The van der Waals surface area contributed by atoms with Crippen LogP contribution in [0.15, 0.2) is 18.2 Å². The number of halogens is 2. The Morgan fingerprint density at radius 2 is 2.00 bits per heavy atom. The summed E-state index contributed by atoms with van der Waals surface area (Å²) in [5.41, 5.74) is 0.774. The summed E-state index contributed by atoms with van der Waals surface area (Å²) in [4.78, 5) is 4.65. The van der Waals surface area contributed by atoms with Gasteiger partial charge in [0.1, 0.15) is 0 Å². The summed E-state index contributed by atoms with van der Waals surface area (Å²) in [5.74, 6) is -1.58. The van der Waals surface area contributed by atoms with E-state index >= 15 is 0 Å². The van der Waals surface area contributed by atoms with Gasteiger partial charge in [-0.1, -0.05) is 6.07 Å². The van der Waals surface area contributed by atoms with Crippen molar-refractivity contribution in [2.45, 2.75) is 19.0 Å². The first-order chi connectivity index (χ1) is 9.47. The molecule has 5 heteroatoms. The molecule has 20 heavy (non-hydrogen) atoms. The Labute approximate surface area is 119 Å². The average molecular weight is 283 g/mol. The standard InChI is InChI=1S/C15H23F2N3/c1-11(12-4-5-14(16)15(17)8-12)18-9-13-10-19(2)6-7-20(13)3/h4-5,8,11,13,18H,6-7,9-10H2,1-3H3. The fourth-order valence-corrected chi connectivity index (χ4v) is 2.53. The summed E-state index contributed by atoms with van der Waals surface area (Å²) in [6.07, 6.45) is 0. The van der Waals surface area contributed by atoms with Gasteiger partial charge in [-0.2, -0.15) is 0 Å². The lowest BCUT2D eigenvalue weighted by molar-refractivity contribution is 0.112. The number of hydrogen-bond donors (Lipinski definition) is 1. The van der Waals surface area contributed by atoms with Gasteiger partial charge in [0.05, 0.1) is 0 Å². The molecule has 0 spiro atoms. The zero-order valence-corrected chi connectivity index (χ0v) is 12.4. The number of likely N-dealkylation sites (N-methyl/N-ethyl adjacent to an activating group) is 2. The number of rotatable bonds is 4. The van der Waals surface area contributed by atoms with Crippen LogP contribution in [-0.4, -0.2) is 56.1 Å². The summed E-state index contributed by atoms with van der Waals surface area (Å²) in [5, 5.41) is 3.41. The zero-order valence-electron chi connectivity index (χ0n) is 12.4. The number of piperazine rings is 1. The van der Waals surface area contributed by atoms with Crippen molar-refractivity contribution >= 4 is 0 Å². The monoisotopic (exact) mass is 283 g/mol. The lowest BCUT2D eigenvalue weighted by Crippen LogP contribution is -2.53. The van der Waals surface area contributed by atoms with Crippen LogP contribution in [0.25, 0.3) is 0 Å². The van der Waals surface area contributed by atoms with E-state index in [9.17, 15) is 8.78 Å². The third kappa shape index (κ3) is 3.75. The highest BCUT2D eigenvalue weighted by Gasteiger charge is 2.22. The lowest BCUT2D eigenvalue weighted by atomic mass is 10.1. The Morgan fingerprint density at radius 1 is 1.25 bits per heavy atom. The highest BCUT2D eigenvalue weighted by atomic mass is 19.2. The molecule has 112 valence electrons. The van der Waals surface area contributed by atoms with Gasteiger partial charge in [0.15, 0.2) is 11.6 Å². The van der Waals surface area contributed by atoms with Crippen LogP contribution in [0.3, 0.4) is 0 Å². The predicted molar refractivity (Wildman–Crippen MR) is 76.7 cm³/mol. The molecule has 2 atom stereocenters. The minimum Gasteiger partial charge on any atom is -0.309 e. The van der Waals surface area contributed by atoms with Gasteiger partial charge >= 0.3 is 0 Å². The van der Waals surface area contributed by atoms with E-state index in [1.807, 2.05) is 6.92 Å². The molecule has 0 aromatic heterocycles. The second-order valence-electron chi connectivity index (χ2n) is 5.70. The highest BCUT2D eigenvalue weighted by molar-refractivity contribution is 5.20. The van der Waals surface area contributed by atoms with Crippen LogP contribution < -0.4 is 5.32 Å². The maximum absolute atomic E-state index is 13.2. The van der Waals surface area contributed by atoms with E-state index < -0.39 is 11.6 Å². The Hall–Kier alpha value is -1.04. The maximum atomic E-state index is 13.2. The topological polar surface area (TPSA) is 18.5 Å². The van der Waals surface area contributed by atoms with Crippen molar-refractivity contribution < 1.29 is 8.78 Å². The Balaban J connectivity index is 1.90. The van der Waals surface area contributed by atoms with Gasteiger partial charge in [0.25, 0.3) is 0 Å². The van der Waals surface area contributed by atoms with E-state index in [2.05, 4.69) is 29.2 Å². The van der Waals surface area contributed by atoms with Crippen molar-refractivity contribution in [1.82, 2.24) is 15.1 Å². The largest absolute Gasteiger partial charge is 0.309 e. The highest BCUT2D eigenvalue weighted by Crippen LogP contribution is 2.16. The molecule has 0 bridgehead atoms. The van der Waals surface area contributed by atoms with E-state index in [0.717, 1.165) is 31.7 Å². The molecule has 2 unspecified atom stereocenters. The molecular formula is C15H23F2N3. The van der Waals surface area contributed by atoms with Crippen molar-refractivity contribution in [2.75, 3.05) is 40.3 Å².